The van der Waals surface area contributed by atoms with E-state index in [0.29, 0.717) is 16.9 Å². The first kappa shape index (κ1) is 8.84. The lowest BCUT2D eigenvalue weighted by Crippen LogP contribution is -1.75. The Morgan fingerprint density at radius 2 is 2.50 bits per heavy atom. The molecule has 0 aliphatic heterocycles. The lowest BCUT2D eigenvalue weighted by Gasteiger charge is -1.86. The molecule has 70 valence electrons. The molecule has 0 atom stereocenters. The van der Waals surface area contributed by atoms with Crippen molar-refractivity contribution in [1.29, 1.82) is 5.26 Å². The molecule has 0 amide bonds. The molecular weight excluding hydrogens is 200 g/mol. The van der Waals surface area contributed by atoms with Gasteiger partial charge in [0.1, 0.15) is 5.69 Å². The maximum absolute atomic E-state index is 8.35. The van der Waals surface area contributed by atoms with Crippen LogP contribution in [0.25, 0.3) is 11.6 Å². The standard InChI is InChI=1S/C8H6N4OS/c9-3-5-14-8-12-11-7(13-8)6-2-1-4-10-6/h1-2,4,10H,5H2. The summed E-state index contributed by atoms with van der Waals surface area (Å²) >= 11 is 1.22. The largest absolute Gasteiger partial charge is 0.410 e. The number of aromatic amines is 1. The second-order valence-electron chi connectivity index (χ2n) is 2.40. The summed E-state index contributed by atoms with van der Waals surface area (Å²) in [5.74, 6) is 0.752. The number of nitrogens with one attached hydrogen (secondary N) is 1. The Morgan fingerprint density at radius 1 is 1.57 bits per heavy atom. The van der Waals surface area contributed by atoms with Crippen LogP contribution < -0.4 is 0 Å². The van der Waals surface area contributed by atoms with Gasteiger partial charge in [-0.25, -0.2) is 0 Å². The predicted molar refractivity (Wildman–Crippen MR) is 50.4 cm³/mol. The monoisotopic (exact) mass is 206 g/mol. The van der Waals surface area contributed by atoms with Crippen molar-refractivity contribution < 1.29 is 4.42 Å². The number of hydrogen-bond donors (Lipinski definition) is 1. The van der Waals surface area contributed by atoms with Crippen LogP contribution in [-0.2, 0) is 0 Å². The summed E-state index contributed by atoms with van der Waals surface area (Å²) in [6.07, 6.45) is 1.78. The number of aromatic nitrogens is 3. The van der Waals surface area contributed by atoms with Gasteiger partial charge in [-0.2, -0.15) is 5.26 Å². The zero-order valence-corrected chi connectivity index (χ0v) is 7.91. The molecule has 1 N–H and O–H groups in total. The molecule has 0 aromatic carbocycles. The van der Waals surface area contributed by atoms with Crippen LogP contribution in [0.15, 0.2) is 28.0 Å². The molecule has 2 aromatic heterocycles. The number of thioether (sulfide) groups is 1. The summed E-state index contributed by atoms with van der Waals surface area (Å²) in [4.78, 5) is 2.95. The van der Waals surface area contributed by atoms with Crippen LogP contribution in [0.4, 0.5) is 0 Å². The molecule has 0 saturated heterocycles. The molecule has 0 radical (unpaired) electrons. The molecule has 14 heavy (non-hydrogen) atoms. The summed E-state index contributed by atoms with van der Waals surface area (Å²) in [5, 5.41) is 16.4. The third kappa shape index (κ3) is 1.78. The topological polar surface area (TPSA) is 78.5 Å². The smallest absolute Gasteiger partial charge is 0.277 e. The molecule has 0 bridgehead atoms. The van der Waals surface area contributed by atoms with Crippen molar-refractivity contribution in [2.75, 3.05) is 5.75 Å². The van der Waals surface area contributed by atoms with Gasteiger partial charge < -0.3 is 9.40 Å². The Kier molecular flexibility index (Phi) is 2.51. The molecule has 2 heterocycles. The highest BCUT2D eigenvalue weighted by molar-refractivity contribution is 7.99. The van der Waals surface area contributed by atoms with Crippen LogP contribution in [0.5, 0.6) is 0 Å². The minimum Gasteiger partial charge on any atom is -0.410 e. The van der Waals surface area contributed by atoms with Crippen molar-refractivity contribution in [1.82, 2.24) is 15.2 Å². The van der Waals surface area contributed by atoms with Gasteiger partial charge in [0.25, 0.3) is 11.1 Å². The molecule has 0 fully saturated rings. The van der Waals surface area contributed by atoms with Crippen LogP contribution in [0.1, 0.15) is 0 Å². The first-order chi connectivity index (χ1) is 6.90. The van der Waals surface area contributed by atoms with Gasteiger partial charge in [-0.3, -0.25) is 0 Å². The van der Waals surface area contributed by atoms with Crippen molar-refractivity contribution in [3.05, 3.63) is 18.3 Å². The van der Waals surface area contributed by atoms with Crippen LogP contribution >= 0.6 is 11.8 Å². The van der Waals surface area contributed by atoms with E-state index in [-0.39, 0.29) is 0 Å². The van der Waals surface area contributed by atoms with Gasteiger partial charge in [-0.1, -0.05) is 11.8 Å². The SMILES string of the molecule is N#CCSc1nnc(-c2ccc[nH]2)o1. The number of H-pyrrole nitrogens is 1. The highest BCUT2D eigenvalue weighted by atomic mass is 32.2. The fraction of sp³-hybridized carbons (Fsp3) is 0.125. The van der Waals surface area contributed by atoms with Gasteiger partial charge in [0.15, 0.2) is 0 Å². The summed E-state index contributed by atoms with van der Waals surface area (Å²) in [7, 11) is 0. The quantitative estimate of drug-likeness (QED) is 0.773. The molecule has 0 aliphatic carbocycles. The number of rotatable bonds is 3. The molecule has 2 rings (SSSR count). The minimum absolute atomic E-state index is 0.312. The van der Waals surface area contributed by atoms with E-state index >= 15 is 0 Å². The lowest BCUT2D eigenvalue weighted by atomic mass is 10.4. The van der Waals surface area contributed by atoms with Crippen LogP contribution in [0, 0.1) is 11.3 Å². The maximum atomic E-state index is 8.35. The van der Waals surface area contributed by atoms with Crippen LogP contribution in [-0.4, -0.2) is 20.9 Å². The summed E-state index contributed by atoms with van der Waals surface area (Å²) in [6.45, 7) is 0. The van der Waals surface area contributed by atoms with E-state index in [4.69, 9.17) is 9.68 Å². The summed E-state index contributed by atoms with van der Waals surface area (Å²) in [6, 6.07) is 5.68. The van der Waals surface area contributed by atoms with Crippen LogP contribution in [0.2, 0.25) is 0 Å². The van der Waals surface area contributed by atoms with E-state index in [1.807, 2.05) is 18.2 Å². The summed E-state index contributed by atoms with van der Waals surface area (Å²) < 4.78 is 5.29. The van der Waals surface area contributed by atoms with E-state index < -0.39 is 0 Å². The third-order valence-corrected chi connectivity index (χ3v) is 2.18. The highest BCUT2D eigenvalue weighted by Crippen LogP contribution is 2.21. The highest BCUT2D eigenvalue weighted by Gasteiger charge is 2.08. The van der Waals surface area contributed by atoms with Crippen molar-refractivity contribution in [2.24, 2.45) is 0 Å². The van der Waals surface area contributed by atoms with E-state index in [2.05, 4.69) is 15.2 Å². The Balaban J connectivity index is 2.15. The Morgan fingerprint density at radius 3 is 3.21 bits per heavy atom. The van der Waals surface area contributed by atoms with E-state index in [0.717, 1.165) is 5.69 Å². The molecule has 2 aromatic rings. The first-order valence-electron chi connectivity index (χ1n) is 3.87. The fourth-order valence-electron chi connectivity index (χ4n) is 0.934. The van der Waals surface area contributed by atoms with Gasteiger partial charge in [0.05, 0.1) is 11.8 Å². The van der Waals surface area contributed by atoms with E-state index in [1.54, 1.807) is 6.20 Å². The lowest BCUT2D eigenvalue weighted by molar-refractivity contribution is 0.465. The molecular formula is C8H6N4OS. The summed E-state index contributed by atoms with van der Waals surface area (Å²) in [5.41, 5.74) is 0.779. The zero-order chi connectivity index (χ0) is 9.80. The minimum atomic E-state index is 0.312. The molecule has 0 spiro atoms. The van der Waals surface area contributed by atoms with Crippen molar-refractivity contribution in [2.45, 2.75) is 5.22 Å². The van der Waals surface area contributed by atoms with Gasteiger partial charge in [0, 0.05) is 6.20 Å². The van der Waals surface area contributed by atoms with Crippen LogP contribution in [0.3, 0.4) is 0 Å². The van der Waals surface area contributed by atoms with Gasteiger partial charge in [0.2, 0.25) is 0 Å². The Hall–Kier alpha value is -1.74. The average molecular weight is 206 g/mol. The number of hydrogen-bond acceptors (Lipinski definition) is 5. The van der Waals surface area contributed by atoms with Crippen molar-refractivity contribution >= 4 is 11.8 Å². The molecule has 5 nitrogen and oxygen atoms in total. The third-order valence-electron chi connectivity index (χ3n) is 1.50. The number of nitriles is 1. The average Bonchev–Trinajstić information content (AvgIpc) is 2.85. The molecule has 6 heteroatoms. The second kappa shape index (κ2) is 3.98. The van der Waals surface area contributed by atoms with Crippen molar-refractivity contribution in [3.63, 3.8) is 0 Å². The Bertz CT molecular complexity index is 442. The predicted octanol–water partition coefficient (Wildman–Crippen LogP) is 1.68. The molecule has 0 unspecified atom stereocenters. The van der Waals surface area contributed by atoms with Crippen molar-refractivity contribution in [3.8, 4) is 17.7 Å². The van der Waals surface area contributed by atoms with Gasteiger partial charge in [-0.15, -0.1) is 10.2 Å². The molecule has 0 saturated carbocycles. The second-order valence-corrected chi connectivity index (χ2v) is 3.33. The van der Waals surface area contributed by atoms with Gasteiger partial charge >= 0.3 is 0 Å². The van der Waals surface area contributed by atoms with E-state index in [9.17, 15) is 0 Å². The van der Waals surface area contributed by atoms with Gasteiger partial charge in [-0.05, 0) is 12.1 Å². The Labute approximate surface area is 84.1 Å². The first-order valence-corrected chi connectivity index (χ1v) is 4.86. The molecule has 0 aliphatic rings. The fourth-order valence-corrected chi connectivity index (χ4v) is 1.36. The van der Waals surface area contributed by atoms with E-state index in [1.165, 1.54) is 11.8 Å². The zero-order valence-electron chi connectivity index (χ0n) is 7.10. The maximum Gasteiger partial charge on any atom is 0.277 e. The number of nitrogens with zero attached hydrogens (tertiary/aromatic N) is 3. The normalized spacial score (nSPS) is 9.93.